The molecule has 0 spiro atoms. The van der Waals surface area contributed by atoms with E-state index in [1.54, 1.807) is 44.2 Å². The number of benzene rings is 3. The molecule has 0 heterocycles. The summed E-state index contributed by atoms with van der Waals surface area (Å²) in [6.45, 7) is 3.66. The SMILES string of the molecule is CC(C)OC(=O)CC(CNC(=O)OCc1ccccc1)c1cccc(OS(=O)(=O)c2ccccc2)c1. The summed E-state index contributed by atoms with van der Waals surface area (Å²) in [5, 5.41) is 2.68. The Bertz CT molecular complexity index is 1250. The van der Waals surface area contributed by atoms with Crippen LogP contribution in [0.3, 0.4) is 0 Å². The van der Waals surface area contributed by atoms with Gasteiger partial charge in [0.1, 0.15) is 17.3 Å². The number of amides is 1. The summed E-state index contributed by atoms with van der Waals surface area (Å²) in [4.78, 5) is 24.7. The highest BCUT2D eigenvalue weighted by Crippen LogP contribution is 2.26. The van der Waals surface area contributed by atoms with Gasteiger partial charge >= 0.3 is 22.2 Å². The lowest BCUT2D eigenvalue weighted by Gasteiger charge is -2.19. The van der Waals surface area contributed by atoms with Gasteiger partial charge in [-0.05, 0) is 49.2 Å². The number of carbonyl (C=O) groups excluding carboxylic acids is 2. The number of hydrogen-bond donors (Lipinski definition) is 1. The Morgan fingerprint density at radius 3 is 2.22 bits per heavy atom. The van der Waals surface area contributed by atoms with Crippen LogP contribution in [0.5, 0.6) is 5.75 Å². The van der Waals surface area contributed by atoms with Crippen molar-refractivity contribution in [2.24, 2.45) is 0 Å². The molecule has 3 aromatic rings. The van der Waals surface area contributed by atoms with E-state index in [-0.39, 0.29) is 36.3 Å². The molecule has 0 saturated carbocycles. The van der Waals surface area contributed by atoms with Gasteiger partial charge in [-0.1, -0.05) is 60.7 Å². The Morgan fingerprint density at radius 1 is 0.889 bits per heavy atom. The third-order valence-electron chi connectivity index (χ3n) is 5.05. The van der Waals surface area contributed by atoms with E-state index in [9.17, 15) is 18.0 Å². The summed E-state index contributed by atoms with van der Waals surface area (Å²) >= 11 is 0. The van der Waals surface area contributed by atoms with Crippen molar-refractivity contribution in [1.82, 2.24) is 5.32 Å². The maximum atomic E-state index is 12.6. The fraction of sp³-hybridized carbons (Fsp3) is 0.259. The van der Waals surface area contributed by atoms with Crippen LogP contribution in [0.15, 0.2) is 89.8 Å². The molecule has 3 rings (SSSR count). The molecule has 0 aromatic heterocycles. The van der Waals surface area contributed by atoms with Crippen LogP contribution in [-0.2, 0) is 31.0 Å². The summed E-state index contributed by atoms with van der Waals surface area (Å²) < 4.78 is 41.1. The molecule has 36 heavy (non-hydrogen) atoms. The van der Waals surface area contributed by atoms with Crippen LogP contribution in [0, 0.1) is 0 Å². The molecular weight excluding hydrogens is 482 g/mol. The van der Waals surface area contributed by atoms with Crippen molar-refractivity contribution in [3.8, 4) is 5.75 Å². The third kappa shape index (κ3) is 8.42. The number of nitrogens with one attached hydrogen (secondary N) is 1. The molecule has 1 N–H and O–H groups in total. The maximum absolute atomic E-state index is 12.6. The first kappa shape index (κ1) is 26.7. The molecule has 0 bridgehead atoms. The predicted octanol–water partition coefficient (Wildman–Crippen LogP) is 4.81. The molecule has 0 aliphatic rings. The third-order valence-corrected chi connectivity index (χ3v) is 6.31. The second-order valence-corrected chi connectivity index (χ2v) is 9.85. The number of hydrogen-bond acceptors (Lipinski definition) is 7. The zero-order chi connectivity index (χ0) is 26.0. The van der Waals surface area contributed by atoms with Crippen molar-refractivity contribution in [2.45, 2.75) is 43.8 Å². The zero-order valence-corrected chi connectivity index (χ0v) is 20.9. The molecule has 1 unspecified atom stereocenters. The quantitative estimate of drug-likeness (QED) is 0.291. The van der Waals surface area contributed by atoms with E-state index in [4.69, 9.17) is 13.7 Å². The van der Waals surface area contributed by atoms with Gasteiger partial charge in [0.25, 0.3) is 0 Å². The van der Waals surface area contributed by atoms with Gasteiger partial charge in [-0.25, -0.2) is 4.79 Å². The van der Waals surface area contributed by atoms with Gasteiger partial charge in [-0.3, -0.25) is 4.79 Å². The molecule has 0 aliphatic carbocycles. The Labute approximate surface area is 211 Å². The highest BCUT2D eigenvalue weighted by Gasteiger charge is 2.22. The van der Waals surface area contributed by atoms with Gasteiger partial charge in [0, 0.05) is 12.5 Å². The number of rotatable bonds is 11. The number of ether oxygens (including phenoxy) is 2. The average Bonchev–Trinajstić information content (AvgIpc) is 2.86. The predicted molar refractivity (Wildman–Crippen MR) is 134 cm³/mol. The van der Waals surface area contributed by atoms with E-state index < -0.39 is 28.1 Å². The van der Waals surface area contributed by atoms with Crippen LogP contribution in [0.2, 0.25) is 0 Å². The molecule has 8 nitrogen and oxygen atoms in total. The minimum atomic E-state index is -4.04. The molecule has 3 aromatic carbocycles. The van der Waals surface area contributed by atoms with Crippen molar-refractivity contribution in [3.05, 3.63) is 96.1 Å². The van der Waals surface area contributed by atoms with Crippen LogP contribution >= 0.6 is 0 Å². The van der Waals surface area contributed by atoms with Crippen molar-refractivity contribution in [2.75, 3.05) is 6.54 Å². The van der Waals surface area contributed by atoms with Crippen molar-refractivity contribution in [1.29, 1.82) is 0 Å². The smallest absolute Gasteiger partial charge is 0.407 e. The molecule has 1 amide bonds. The Hall–Kier alpha value is -3.85. The van der Waals surface area contributed by atoms with Gasteiger partial charge in [0.2, 0.25) is 0 Å². The summed E-state index contributed by atoms with van der Waals surface area (Å²) in [5.41, 5.74) is 1.44. The molecule has 0 aliphatic heterocycles. The normalized spacial score (nSPS) is 12.0. The fourth-order valence-electron chi connectivity index (χ4n) is 3.38. The van der Waals surface area contributed by atoms with Crippen LogP contribution in [-0.4, -0.2) is 33.1 Å². The minimum Gasteiger partial charge on any atom is -0.463 e. The van der Waals surface area contributed by atoms with Crippen molar-refractivity contribution >= 4 is 22.2 Å². The van der Waals surface area contributed by atoms with Crippen LogP contribution in [0.25, 0.3) is 0 Å². The lowest BCUT2D eigenvalue weighted by Crippen LogP contribution is -2.30. The topological polar surface area (TPSA) is 108 Å². The number of esters is 1. The number of carbonyl (C=O) groups is 2. The Morgan fingerprint density at radius 2 is 1.56 bits per heavy atom. The summed E-state index contributed by atoms with van der Waals surface area (Å²) in [6.07, 6.45) is -0.973. The lowest BCUT2D eigenvalue weighted by atomic mass is 9.95. The van der Waals surface area contributed by atoms with E-state index in [1.807, 2.05) is 30.3 Å². The van der Waals surface area contributed by atoms with Crippen LogP contribution in [0.1, 0.15) is 37.3 Å². The maximum Gasteiger partial charge on any atom is 0.407 e. The lowest BCUT2D eigenvalue weighted by molar-refractivity contribution is -0.147. The highest BCUT2D eigenvalue weighted by molar-refractivity contribution is 7.87. The molecule has 0 fully saturated rings. The van der Waals surface area contributed by atoms with Gasteiger partial charge in [0.15, 0.2) is 0 Å². The molecule has 0 saturated heterocycles. The highest BCUT2D eigenvalue weighted by atomic mass is 32.2. The molecule has 9 heteroatoms. The Kier molecular flexibility index (Phi) is 9.46. The standard InChI is InChI=1S/C27H29NO7S/c1-20(2)34-26(29)17-23(18-28-27(30)33-19-21-10-5-3-6-11-21)22-12-9-13-24(16-22)35-36(31,32)25-14-7-4-8-15-25/h3-16,20,23H,17-19H2,1-2H3,(H,28,30). The molecule has 1 atom stereocenters. The van der Waals surface area contributed by atoms with E-state index >= 15 is 0 Å². The molecule has 0 radical (unpaired) electrons. The van der Waals surface area contributed by atoms with E-state index in [1.165, 1.54) is 24.3 Å². The summed E-state index contributed by atoms with van der Waals surface area (Å²) in [6, 6.07) is 23.4. The first-order chi connectivity index (χ1) is 17.2. The summed E-state index contributed by atoms with van der Waals surface area (Å²) in [5.74, 6) is -0.869. The Balaban J connectivity index is 1.71. The van der Waals surface area contributed by atoms with Gasteiger partial charge in [-0.15, -0.1) is 0 Å². The van der Waals surface area contributed by atoms with Gasteiger partial charge in [-0.2, -0.15) is 8.42 Å². The van der Waals surface area contributed by atoms with Crippen LogP contribution < -0.4 is 9.50 Å². The average molecular weight is 512 g/mol. The van der Waals surface area contributed by atoms with E-state index in [0.29, 0.717) is 5.56 Å². The molecular formula is C27H29NO7S. The minimum absolute atomic E-state index is 0.0234. The summed E-state index contributed by atoms with van der Waals surface area (Å²) in [7, 11) is -4.04. The van der Waals surface area contributed by atoms with Crippen LogP contribution in [0.4, 0.5) is 4.79 Å². The van der Waals surface area contributed by atoms with Crippen molar-refractivity contribution < 1.29 is 31.7 Å². The van der Waals surface area contributed by atoms with E-state index in [2.05, 4.69) is 5.32 Å². The van der Waals surface area contributed by atoms with Crippen molar-refractivity contribution in [3.63, 3.8) is 0 Å². The number of alkyl carbamates (subject to hydrolysis) is 1. The zero-order valence-electron chi connectivity index (χ0n) is 20.1. The van der Waals surface area contributed by atoms with E-state index in [0.717, 1.165) is 5.56 Å². The fourth-order valence-corrected chi connectivity index (χ4v) is 4.33. The monoisotopic (exact) mass is 511 g/mol. The second kappa shape index (κ2) is 12.7. The molecule has 190 valence electrons. The van der Waals surface area contributed by atoms with Gasteiger partial charge < -0.3 is 19.0 Å². The largest absolute Gasteiger partial charge is 0.463 e. The first-order valence-corrected chi connectivity index (χ1v) is 12.9. The van der Waals surface area contributed by atoms with Gasteiger partial charge in [0.05, 0.1) is 12.5 Å². The second-order valence-electron chi connectivity index (χ2n) is 8.31. The first-order valence-electron chi connectivity index (χ1n) is 11.5.